The van der Waals surface area contributed by atoms with Gasteiger partial charge < -0.3 is 5.32 Å². The third-order valence-corrected chi connectivity index (χ3v) is 4.42. The molecule has 3 nitrogen and oxygen atoms in total. The van der Waals surface area contributed by atoms with E-state index in [4.69, 9.17) is 0 Å². The first-order valence-electron chi connectivity index (χ1n) is 7.30. The summed E-state index contributed by atoms with van der Waals surface area (Å²) < 4.78 is 0. The molecule has 100 valence electrons. The molecule has 2 fully saturated rings. The first kappa shape index (κ1) is 13.3. The van der Waals surface area contributed by atoms with Gasteiger partial charge in [0.25, 0.3) is 0 Å². The van der Waals surface area contributed by atoms with Crippen LogP contribution in [0.3, 0.4) is 0 Å². The van der Waals surface area contributed by atoms with Crippen molar-refractivity contribution in [2.45, 2.75) is 51.6 Å². The lowest BCUT2D eigenvalue weighted by atomic mass is 9.90. The second kappa shape index (κ2) is 5.68. The van der Waals surface area contributed by atoms with E-state index in [2.05, 4.69) is 35.9 Å². The van der Waals surface area contributed by atoms with Crippen LogP contribution < -0.4 is 5.32 Å². The zero-order valence-electron chi connectivity index (χ0n) is 11.8. The summed E-state index contributed by atoms with van der Waals surface area (Å²) in [6.07, 6.45) is 4.10. The summed E-state index contributed by atoms with van der Waals surface area (Å²) in [5.41, 5.74) is 0.373. The Morgan fingerprint density at radius 1 is 1.12 bits per heavy atom. The van der Waals surface area contributed by atoms with Crippen LogP contribution in [-0.4, -0.2) is 60.6 Å². The highest BCUT2D eigenvalue weighted by atomic mass is 15.3. The van der Waals surface area contributed by atoms with Crippen molar-refractivity contribution in [3.05, 3.63) is 0 Å². The minimum atomic E-state index is 0.373. The summed E-state index contributed by atoms with van der Waals surface area (Å²) in [5, 5.41) is 3.72. The van der Waals surface area contributed by atoms with E-state index in [1.54, 1.807) is 0 Å². The molecule has 2 rings (SSSR count). The predicted octanol–water partition coefficient (Wildman–Crippen LogP) is 1.54. The van der Waals surface area contributed by atoms with Crippen LogP contribution in [-0.2, 0) is 0 Å². The average molecular weight is 239 g/mol. The molecule has 0 aliphatic carbocycles. The smallest absolute Gasteiger partial charge is 0.0280 e. The van der Waals surface area contributed by atoms with E-state index < -0.39 is 0 Å². The zero-order chi connectivity index (χ0) is 12.3. The number of hydrogen-bond acceptors (Lipinski definition) is 3. The maximum absolute atomic E-state index is 3.72. The van der Waals surface area contributed by atoms with Crippen molar-refractivity contribution < 1.29 is 0 Å². The molecule has 1 unspecified atom stereocenters. The molecule has 17 heavy (non-hydrogen) atoms. The highest BCUT2D eigenvalue weighted by molar-refractivity contribution is 4.90. The van der Waals surface area contributed by atoms with Gasteiger partial charge in [-0.2, -0.15) is 0 Å². The van der Waals surface area contributed by atoms with Gasteiger partial charge in [0.05, 0.1) is 0 Å². The van der Waals surface area contributed by atoms with Crippen molar-refractivity contribution in [2.24, 2.45) is 0 Å². The summed E-state index contributed by atoms with van der Waals surface area (Å²) in [7, 11) is 0. The van der Waals surface area contributed by atoms with E-state index in [9.17, 15) is 0 Å². The Balaban J connectivity index is 1.77. The molecular weight excluding hydrogens is 210 g/mol. The zero-order valence-corrected chi connectivity index (χ0v) is 11.8. The lowest BCUT2D eigenvalue weighted by molar-refractivity contribution is 0.0799. The lowest BCUT2D eigenvalue weighted by Crippen LogP contribution is -2.57. The molecule has 3 heteroatoms. The highest BCUT2D eigenvalue weighted by Gasteiger charge is 2.30. The molecule has 0 aromatic carbocycles. The maximum atomic E-state index is 3.72. The Bertz CT molecular complexity index is 226. The molecule has 1 N–H and O–H groups in total. The second-order valence-corrected chi connectivity index (χ2v) is 6.35. The van der Waals surface area contributed by atoms with Crippen molar-refractivity contribution in [1.29, 1.82) is 0 Å². The van der Waals surface area contributed by atoms with Crippen molar-refractivity contribution in [1.82, 2.24) is 15.1 Å². The van der Waals surface area contributed by atoms with E-state index in [-0.39, 0.29) is 0 Å². The van der Waals surface area contributed by atoms with Gasteiger partial charge in [-0.15, -0.1) is 0 Å². The topological polar surface area (TPSA) is 18.5 Å². The molecule has 0 amide bonds. The van der Waals surface area contributed by atoms with Gasteiger partial charge in [-0.25, -0.2) is 0 Å². The normalized spacial score (nSPS) is 33.2. The average Bonchev–Trinajstić information content (AvgIpc) is 2.30. The molecule has 0 radical (unpaired) electrons. The Labute approximate surface area is 107 Å². The fourth-order valence-corrected chi connectivity index (χ4v) is 3.19. The third kappa shape index (κ3) is 3.67. The van der Waals surface area contributed by atoms with Crippen LogP contribution in [0.25, 0.3) is 0 Å². The van der Waals surface area contributed by atoms with Crippen molar-refractivity contribution in [3.8, 4) is 0 Å². The molecule has 1 atom stereocenters. The molecule has 2 saturated heterocycles. The number of nitrogens with one attached hydrogen (secondary N) is 1. The fraction of sp³-hybridized carbons (Fsp3) is 1.00. The molecule has 2 aliphatic heterocycles. The lowest BCUT2D eigenvalue weighted by Gasteiger charge is -2.43. The number of nitrogens with zero attached hydrogens (tertiary/aromatic N) is 2. The Morgan fingerprint density at radius 2 is 1.82 bits per heavy atom. The molecular formula is C14H29N3. The van der Waals surface area contributed by atoms with Gasteiger partial charge in [0.15, 0.2) is 0 Å². The van der Waals surface area contributed by atoms with E-state index in [1.807, 2.05) is 0 Å². The largest absolute Gasteiger partial charge is 0.310 e. The predicted molar refractivity (Wildman–Crippen MR) is 73.4 cm³/mol. The first-order valence-corrected chi connectivity index (χ1v) is 7.30. The number of piperidine rings is 1. The number of piperazine rings is 1. The molecule has 0 spiro atoms. The van der Waals surface area contributed by atoms with Crippen molar-refractivity contribution in [3.63, 3.8) is 0 Å². The van der Waals surface area contributed by atoms with E-state index >= 15 is 0 Å². The highest BCUT2D eigenvalue weighted by Crippen LogP contribution is 2.20. The second-order valence-electron chi connectivity index (χ2n) is 6.35. The van der Waals surface area contributed by atoms with Gasteiger partial charge in [-0.1, -0.05) is 6.42 Å². The monoisotopic (exact) mass is 239 g/mol. The Morgan fingerprint density at radius 3 is 2.35 bits per heavy atom. The summed E-state index contributed by atoms with van der Waals surface area (Å²) >= 11 is 0. The molecule has 0 bridgehead atoms. The SMILES string of the molecule is CC(C)N1CCN(CC2(C)CCCCN2)CC1. The minimum absolute atomic E-state index is 0.373. The fourth-order valence-electron chi connectivity index (χ4n) is 3.19. The van der Waals surface area contributed by atoms with E-state index in [0.717, 1.165) is 0 Å². The Kier molecular flexibility index (Phi) is 4.45. The minimum Gasteiger partial charge on any atom is -0.310 e. The third-order valence-electron chi connectivity index (χ3n) is 4.42. The standard InChI is InChI=1S/C14H29N3/c1-13(2)17-10-8-16(9-11-17)12-14(3)6-4-5-7-15-14/h13,15H,4-12H2,1-3H3. The van der Waals surface area contributed by atoms with Gasteiger partial charge in [0.1, 0.15) is 0 Å². The molecule has 2 aliphatic rings. The van der Waals surface area contributed by atoms with Gasteiger partial charge in [-0.3, -0.25) is 9.80 Å². The van der Waals surface area contributed by atoms with E-state index in [0.29, 0.717) is 11.6 Å². The quantitative estimate of drug-likeness (QED) is 0.806. The first-order chi connectivity index (χ1) is 8.09. The molecule has 2 heterocycles. The van der Waals surface area contributed by atoms with Crippen LogP contribution in [0.1, 0.15) is 40.0 Å². The van der Waals surface area contributed by atoms with Gasteiger partial charge in [0.2, 0.25) is 0 Å². The van der Waals surface area contributed by atoms with E-state index in [1.165, 1.54) is 58.5 Å². The van der Waals surface area contributed by atoms with Crippen LogP contribution >= 0.6 is 0 Å². The summed E-state index contributed by atoms with van der Waals surface area (Å²) in [5.74, 6) is 0. The van der Waals surface area contributed by atoms with Crippen LogP contribution in [0.4, 0.5) is 0 Å². The van der Waals surface area contributed by atoms with Crippen LogP contribution in [0.5, 0.6) is 0 Å². The van der Waals surface area contributed by atoms with Crippen LogP contribution in [0.15, 0.2) is 0 Å². The molecule has 0 aromatic heterocycles. The van der Waals surface area contributed by atoms with Gasteiger partial charge in [0, 0.05) is 44.3 Å². The summed E-state index contributed by atoms with van der Waals surface area (Å²) in [6, 6.07) is 0.709. The van der Waals surface area contributed by atoms with Crippen molar-refractivity contribution in [2.75, 3.05) is 39.3 Å². The summed E-state index contributed by atoms with van der Waals surface area (Å²) in [6.45, 7) is 14.4. The molecule has 0 aromatic rings. The van der Waals surface area contributed by atoms with Crippen LogP contribution in [0.2, 0.25) is 0 Å². The van der Waals surface area contributed by atoms with Crippen molar-refractivity contribution >= 4 is 0 Å². The van der Waals surface area contributed by atoms with Gasteiger partial charge in [-0.05, 0) is 40.2 Å². The molecule has 0 saturated carbocycles. The number of rotatable bonds is 3. The number of hydrogen-bond donors (Lipinski definition) is 1. The maximum Gasteiger partial charge on any atom is 0.0280 e. The summed E-state index contributed by atoms with van der Waals surface area (Å²) in [4.78, 5) is 5.24. The van der Waals surface area contributed by atoms with Crippen LogP contribution in [0, 0.1) is 0 Å². The van der Waals surface area contributed by atoms with Gasteiger partial charge >= 0.3 is 0 Å². The Hall–Kier alpha value is -0.120.